The fourth-order valence-electron chi connectivity index (χ4n) is 2.61. The topological polar surface area (TPSA) is 65.9 Å². The third-order valence-electron chi connectivity index (χ3n) is 4.10. The lowest BCUT2D eigenvalue weighted by Gasteiger charge is -2.36. The van der Waals surface area contributed by atoms with Crippen LogP contribution in [0.2, 0.25) is 0 Å². The predicted octanol–water partition coefficient (Wildman–Crippen LogP) is 2.53. The number of guanidine groups is 1. The highest BCUT2D eigenvalue weighted by atomic mass is 32.1. The smallest absolute Gasteiger partial charge is 0.191 e. The molecule has 0 radical (unpaired) electrons. The first-order chi connectivity index (χ1) is 11.6. The van der Waals surface area contributed by atoms with E-state index in [2.05, 4.69) is 40.7 Å². The van der Waals surface area contributed by atoms with Crippen molar-refractivity contribution in [1.82, 2.24) is 10.6 Å². The molecule has 1 aliphatic heterocycles. The highest BCUT2D eigenvalue weighted by Crippen LogP contribution is 2.29. The lowest BCUT2D eigenvalue weighted by molar-refractivity contribution is -0.0945. The second-order valence-corrected chi connectivity index (χ2v) is 7.70. The van der Waals surface area contributed by atoms with Gasteiger partial charge in [-0.3, -0.25) is 4.99 Å². The van der Waals surface area contributed by atoms with Crippen molar-refractivity contribution in [3.8, 4) is 0 Å². The molecular weight excluding hydrogens is 322 g/mol. The van der Waals surface area contributed by atoms with Crippen molar-refractivity contribution in [1.29, 1.82) is 0 Å². The number of aliphatic imine (C=N–C) groups is 1. The van der Waals surface area contributed by atoms with Gasteiger partial charge < -0.3 is 20.5 Å². The number of aliphatic hydroxyl groups is 1. The van der Waals surface area contributed by atoms with Gasteiger partial charge in [0, 0.05) is 28.1 Å². The molecule has 24 heavy (non-hydrogen) atoms. The van der Waals surface area contributed by atoms with E-state index in [4.69, 9.17) is 4.74 Å². The minimum Gasteiger partial charge on any atom is -0.386 e. The Morgan fingerprint density at radius 3 is 2.83 bits per heavy atom. The molecule has 0 aliphatic carbocycles. The van der Waals surface area contributed by atoms with E-state index in [1.807, 2.05) is 19.1 Å². The zero-order valence-electron chi connectivity index (χ0n) is 14.2. The van der Waals surface area contributed by atoms with Crippen LogP contribution in [0.1, 0.15) is 24.8 Å². The van der Waals surface area contributed by atoms with Crippen molar-refractivity contribution >= 4 is 27.4 Å². The molecule has 0 bridgehead atoms. The van der Waals surface area contributed by atoms with Gasteiger partial charge >= 0.3 is 0 Å². The Hall–Kier alpha value is -1.63. The van der Waals surface area contributed by atoms with Crippen LogP contribution in [-0.2, 0) is 4.74 Å². The average Bonchev–Trinajstić information content (AvgIpc) is 2.99. The minimum absolute atomic E-state index is 0.145. The molecular formula is C18H25N3O2S. The standard InChI is InChI=1S/C18H25N3O2S/c1-3-19-17(21-10-18(2)11-23-12-18)20-9-14(22)16-8-13-6-4-5-7-15(13)24-16/h4-8,14,22H,3,9-12H2,1-2H3,(H2,19,20,21). The van der Waals surface area contributed by atoms with Crippen LogP contribution in [0.5, 0.6) is 0 Å². The van der Waals surface area contributed by atoms with E-state index in [0.29, 0.717) is 6.54 Å². The van der Waals surface area contributed by atoms with Crippen LogP contribution in [0.25, 0.3) is 10.1 Å². The fourth-order valence-corrected chi connectivity index (χ4v) is 3.66. The van der Waals surface area contributed by atoms with Crippen LogP contribution in [-0.4, -0.2) is 43.9 Å². The molecule has 1 atom stereocenters. The molecule has 0 amide bonds. The van der Waals surface area contributed by atoms with E-state index in [-0.39, 0.29) is 5.41 Å². The third-order valence-corrected chi connectivity index (χ3v) is 5.32. The van der Waals surface area contributed by atoms with Crippen molar-refractivity contribution in [2.75, 3.05) is 32.8 Å². The Balaban J connectivity index is 1.59. The van der Waals surface area contributed by atoms with Crippen LogP contribution in [0.15, 0.2) is 35.3 Å². The van der Waals surface area contributed by atoms with Gasteiger partial charge in [-0.05, 0) is 24.4 Å². The van der Waals surface area contributed by atoms with Gasteiger partial charge in [0.15, 0.2) is 5.96 Å². The Morgan fingerprint density at radius 2 is 2.17 bits per heavy atom. The van der Waals surface area contributed by atoms with Gasteiger partial charge in [0.05, 0.1) is 19.8 Å². The molecule has 1 aliphatic rings. The van der Waals surface area contributed by atoms with E-state index < -0.39 is 6.10 Å². The normalized spacial score (nSPS) is 18.2. The first-order valence-corrected chi connectivity index (χ1v) is 9.18. The quantitative estimate of drug-likeness (QED) is 0.555. The first kappa shape index (κ1) is 17.2. The number of nitrogens with zero attached hydrogens (tertiary/aromatic N) is 1. The molecule has 2 aromatic rings. The van der Waals surface area contributed by atoms with E-state index in [9.17, 15) is 5.11 Å². The van der Waals surface area contributed by atoms with Crippen molar-refractivity contribution in [2.24, 2.45) is 10.4 Å². The molecule has 1 saturated heterocycles. The van der Waals surface area contributed by atoms with E-state index in [0.717, 1.165) is 37.1 Å². The summed E-state index contributed by atoms with van der Waals surface area (Å²) in [4.78, 5) is 5.59. The molecule has 130 valence electrons. The van der Waals surface area contributed by atoms with Crippen molar-refractivity contribution in [3.05, 3.63) is 35.2 Å². The molecule has 3 N–H and O–H groups in total. The van der Waals surface area contributed by atoms with Crippen LogP contribution in [0.4, 0.5) is 0 Å². The monoisotopic (exact) mass is 347 g/mol. The van der Waals surface area contributed by atoms with Gasteiger partial charge in [0.25, 0.3) is 0 Å². The molecule has 1 aromatic heterocycles. The summed E-state index contributed by atoms with van der Waals surface area (Å²) in [6.45, 7) is 7.69. The molecule has 1 unspecified atom stereocenters. The second-order valence-electron chi connectivity index (χ2n) is 6.58. The molecule has 2 heterocycles. The minimum atomic E-state index is -0.547. The summed E-state index contributed by atoms with van der Waals surface area (Å²) < 4.78 is 6.47. The third kappa shape index (κ3) is 4.06. The average molecular weight is 347 g/mol. The summed E-state index contributed by atoms with van der Waals surface area (Å²) >= 11 is 1.63. The zero-order valence-corrected chi connectivity index (χ0v) is 15.0. The SMILES string of the molecule is CCNC(=NCC1(C)COC1)NCC(O)c1cc2ccccc2s1. The van der Waals surface area contributed by atoms with Gasteiger partial charge in [-0.1, -0.05) is 25.1 Å². The number of ether oxygens (including phenoxy) is 1. The summed E-state index contributed by atoms with van der Waals surface area (Å²) in [6, 6.07) is 10.3. The maximum Gasteiger partial charge on any atom is 0.191 e. The predicted molar refractivity (Wildman–Crippen MR) is 99.7 cm³/mol. The molecule has 0 saturated carbocycles. The highest BCUT2D eigenvalue weighted by molar-refractivity contribution is 7.19. The highest BCUT2D eigenvalue weighted by Gasteiger charge is 2.33. The van der Waals surface area contributed by atoms with Crippen molar-refractivity contribution in [2.45, 2.75) is 20.0 Å². The Labute approximate surface area is 146 Å². The maximum atomic E-state index is 10.5. The molecule has 6 heteroatoms. The van der Waals surface area contributed by atoms with Crippen LogP contribution >= 0.6 is 11.3 Å². The van der Waals surface area contributed by atoms with Crippen LogP contribution in [0, 0.1) is 5.41 Å². The molecule has 1 aromatic carbocycles. The number of rotatable bonds is 6. The van der Waals surface area contributed by atoms with E-state index >= 15 is 0 Å². The molecule has 1 fully saturated rings. The number of thiophene rings is 1. The largest absolute Gasteiger partial charge is 0.386 e. The number of hydrogen-bond donors (Lipinski definition) is 3. The van der Waals surface area contributed by atoms with Gasteiger partial charge in [-0.25, -0.2) is 0 Å². The lowest BCUT2D eigenvalue weighted by atomic mass is 9.89. The second kappa shape index (κ2) is 7.51. The zero-order chi connectivity index (χ0) is 17.0. The summed E-state index contributed by atoms with van der Waals surface area (Å²) in [6.07, 6.45) is -0.547. The number of hydrogen-bond acceptors (Lipinski definition) is 4. The Morgan fingerprint density at radius 1 is 1.38 bits per heavy atom. The maximum absolute atomic E-state index is 10.5. The van der Waals surface area contributed by atoms with E-state index in [1.54, 1.807) is 11.3 Å². The molecule has 3 rings (SSSR count). The van der Waals surface area contributed by atoms with Crippen molar-refractivity contribution in [3.63, 3.8) is 0 Å². The first-order valence-electron chi connectivity index (χ1n) is 8.36. The molecule has 0 spiro atoms. The molecule has 5 nitrogen and oxygen atoms in total. The van der Waals surface area contributed by atoms with Gasteiger partial charge in [0.1, 0.15) is 6.10 Å². The Bertz CT molecular complexity index is 676. The van der Waals surface area contributed by atoms with Crippen LogP contribution in [0.3, 0.4) is 0 Å². The summed E-state index contributed by atoms with van der Waals surface area (Å²) in [5.41, 5.74) is 0.145. The number of nitrogens with one attached hydrogen (secondary N) is 2. The van der Waals surface area contributed by atoms with Crippen molar-refractivity contribution < 1.29 is 9.84 Å². The summed E-state index contributed by atoms with van der Waals surface area (Å²) in [5.74, 6) is 0.741. The van der Waals surface area contributed by atoms with Gasteiger partial charge in [-0.15, -0.1) is 11.3 Å². The summed E-state index contributed by atoms with van der Waals surface area (Å²) in [7, 11) is 0. The fraction of sp³-hybridized carbons (Fsp3) is 0.500. The van der Waals surface area contributed by atoms with Gasteiger partial charge in [0.2, 0.25) is 0 Å². The number of benzene rings is 1. The number of fused-ring (bicyclic) bond motifs is 1. The lowest BCUT2D eigenvalue weighted by Crippen LogP contribution is -2.45. The van der Waals surface area contributed by atoms with Gasteiger partial charge in [-0.2, -0.15) is 0 Å². The van der Waals surface area contributed by atoms with Crippen LogP contribution < -0.4 is 10.6 Å². The van der Waals surface area contributed by atoms with E-state index in [1.165, 1.54) is 10.1 Å². The number of aliphatic hydroxyl groups excluding tert-OH is 1. The summed E-state index contributed by atoms with van der Waals surface area (Å²) in [5, 5.41) is 18.1. The Kier molecular flexibility index (Phi) is 5.38.